The summed E-state index contributed by atoms with van der Waals surface area (Å²) < 4.78 is 5.10. The van der Waals surface area contributed by atoms with E-state index >= 15 is 0 Å². The molecule has 0 bridgehead atoms. The smallest absolute Gasteiger partial charge is 0.264 e. The lowest BCUT2D eigenvalue weighted by Crippen LogP contribution is -2.43. The molecule has 7 heteroatoms. The van der Waals surface area contributed by atoms with Gasteiger partial charge in [0.25, 0.3) is 11.8 Å². The number of carbonyl (C=O) groups is 2. The summed E-state index contributed by atoms with van der Waals surface area (Å²) >= 11 is 0. The van der Waals surface area contributed by atoms with Crippen molar-refractivity contribution in [3.8, 4) is 5.75 Å². The van der Waals surface area contributed by atoms with E-state index in [2.05, 4.69) is 5.32 Å². The molecule has 0 aromatic heterocycles. The Balaban J connectivity index is 1.90. The van der Waals surface area contributed by atoms with E-state index in [9.17, 15) is 14.7 Å². The lowest BCUT2D eigenvalue weighted by molar-refractivity contribution is -0.139. The largest absolute Gasteiger partial charge is 0.497 e. The van der Waals surface area contributed by atoms with Crippen LogP contribution in [0.3, 0.4) is 0 Å². The molecular weight excluding hydrogens is 384 g/mol. The number of amides is 2. The van der Waals surface area contributed by atoms with Crippen molar-refractivity contribution in [2.75, 3.05) is 31.0 Å². The molecule has 0 saturated carbocycles. The van der Waals surface area contributed by atoms with Crippen molar-refractivity contribution in [2.24, 2.45) is 5.92 Å². The molecule has 30 heavy (non-hydrogen) atoms. The van der Waals surface area contributed by atoms with Crippen molar-refractivity contribution in [2.45, 2.75) is 18.9 Å². The molecule has 1 heterocycles. The topological polar surface area (TPSA) is 99.1 Å². The molecular formula is C23H26N2O5. The van der Waals surface area contributed by atoms with Gasteiger partial charge in [0.2, 0.25) is 0 Å². The number of benzene rings is 2. The predicted molar refractivity (Wildman–Crippen MR) is 115 cm³/mol. The van der Waals surface area contributed by atoms with Gasteiger partial charge in [-0.3, -0.25) is 9.59 Å². The molecule has 3 N–H and O–H groups in total. The fourth-order valence-corrected chi connectivity index (χ4v) is 3.59. The Morgan fingerprint density at radius 2 is 1.97 bits per heavy atom. The molecule has 0 aliphatic carbocycles. The number of methoxy groups -OCH3 is 1. The van der Waals surface area contributed by atoms with E-state index in [-0.39, 0.29) is 12.5 Å². The lowest BCUT2D eigenvalue weighted by atomic mass is 9.82. The second-order valence-electron chi connectivity index (χ2n) is 7.27. The molecule has 0 spiro atoms. The van der Waals surface area contributed by atoms with Crippen LogP contribution in [-0.2, 0) is 10.4 Å². The highest BCUT2D eigenvalue weighted by Crippen LogP contribution is 2.45. The van der Waals surface area contributed by atoms with Crippen molar-refractivity contribution in [1.82, 2.24) is 0 Å². The Morgan fingerprint density at radius 3 is 2.60 bits per heavy atom. The van der Waals surface area contributed by atoms with Gasteiger partial charge in [0.1, 0.15) is 5.75 Å². The summed E-state index contributed by atoms with van der Waals surface area (Å²) in [5.41, 5.74) is 0.204. The third kappa shape index (κ3) is 3.81. The number of aliphatic hydroxyl groups is 2. The van der Waals surface area contributed by atoms with Crippen LogP contribution in [0.4, 0.5) is 11.4 Å². The van der Waals surface area contributed by atoms with E-state index in [1.54, 1.807) is 75.7 Å². The van der Waals surface area contributed by atoms with E-state index in [4.69, 9.17) is 9.84 Å². The number of fused-ring (bicyclic) bond motifs is 1. The highest BCUT2D eigenvalue weighted by atomic mass is 16.5. The van der Waals surface area contributed by atoms with E-state index in [0.717, 1.165) is 0 Å². The van der Waals surface area contributed by atoms with Crippen molar-refractivity contribution in [3.63, 3.8) is 0 Å². The van der Waals surface area contributed by atoms with Crippen LogP contribution in [-0.4, -0.2) is 42.8 Å². The van der Waals surface area contributed by atoms with Crippen LogP contribution in [0.1, 0.15) is 29.3 Å². The summed E-state index contributed by atoms with van der Waals surface area (Å²) in [7, 11) is 3.16. The Morgan fingerprint density at radius 1 is 1.27 bits per heavy atom. The SMILES string of the molecule is COc1ccc(C(=O)Nc2ccc3c(c2)[C@](O)([C@@H](C)/C=C/CCO)C(=O)N3C)cc1. The van der Waals surface area contributed by atoms with Gasteiger partial charge in [-0.2, -0.15) is 0 Å². The Labute approximate surface area is 175 Å². The minimum atomic E-state index is -1.75. The van der Waals surface area contributed by atoms with E-state index in [0.29, 0.717) is 34.7 Å². The van der Waals surface area contributed by atoms with Gasteiger partial charge in [-0.15, -0.1) is 0 Å². The maximum Gasteiger partial charge on any atom is 0.264 e. The number of ether oxygens (including phenoxy) is 1. The molecule has 2 aromatic rings. The van der Waals surface area contributed by atoms with Gasteiger partial charge in [0.05, 0.1) is 12.8 Å². The third-order valence-electron chi connectivity index (χ3n) is 5.39. The first-order valence-corrected chi connectivity index (χ1v) is 9.71. The van der Waals surface area contributed by atoms with Crippen LogP contribution >= 0.6 is 0 Å². The molecule has 0 saturated heterocycles. The van der Waals surface area contributed by atoms with Gasteiger partial charge in [0, 0.05) is 36.4 Å². The fourth-order valence-electron chi connectivity index (χ4n) is 3.59. The number of hydrogen-bond donors (Lipinski definition) is 3. The van der Waals surface area contributed by atoms with Crippen LogP contribution in [0, 0.1) is 5.92 Å². The lowest BCUT2D eigenvalue weighted by Gasteiger charge is -2.27. The van der Waals surface area contributed by atoms with E-state index in [1.807, 2.05) is 0 Å². The first kappa shape index (κ1) is 21.5. The second-order valence-corrected chi connectivity index (χ2v) is 7.27. The van der Waals surface area contributed by atoms with E-state index < -0.39 is 17.4 Å². The highest BCUT2D eigenvalue weighted by molar-refractivity contribution is 6.08. The molecule has 0 fully saturated rings. The normalized spacial score (nSPS) is 19.1. The maximum atomic E-state index is 12.9. The minimum Gasteiger partial charge on any atom is -0.497 e. The third-order valence-corrected chi connectivity index (χ3v) is 5.39. The summed E-state index contributed by atoms with van der Waals surface area (Å²) in [6.45, 7) is 1.74. The van der Waals surface area contributed by atoms with Crippen LogP contribution < -0.4 is 15.0 Å². The maximum absolute atomic E-state index is 12.9. The number of aliphatic hydroxyl groups excluding tert-OH is 1. The number of likely N-dealkylation sites (N-methyl/N-ethyl adjacent to an activating group) is 1. The zero-order valence-corrected chi connectivity index (χ0v) is 17.3. The van der Waals surface area contributed by atoms with Crippen molar-refractivity contribution >= 4 is 23.2 Å². The molecule has 0 unspecified atom stereocenters. The Bertz CT molecular complexity index is 970. The van der Waals surface area contributed by atoms with Gasteiger partial charge in [-0.05, 0) is 48.9 Å². The molecule has 2 aromatic carbocycles. The zero-order valence-electron chi connectivity index (χ0n) is 17.3. The summed E-state index contributed by atoms with van der Waals surface area (Å²) in [4.78, 5) is 26.9. The summed E-state index contributed by atoms with van der Waals surface area (Å²) in [6, 6.07) is 11.7. The number of nitrogens with zero attached hydrogens (tertiary/aromatic N) is 1. The van der Waals surface area contributed by atoms with Gasteiger partial charge in [-0.25, -0.2) is 0 Å². The minimum absolute atomic E-state index is 0.00632. The standard InChI is InChI=1S/C23H26N2O5/c1-15(6-4-5-13-26)23(29)19-14-17(9-12-20(19)25(2)22(23)28)24-21(27)16-7-10-18(30-3)11-8-16/h4,6-12,14-15,26,29H,5,13H2,1-3H3,(H,24,27)/b6-4+/t15-,23+/m0/s1. The first-order valence-electron chi connectivity index (χ1n) is 9.71. The summed E-state index contributed by atoms with van der Waals surface area (Å²) in [6.07, 6.45) is 3.90. The highest BCUT2D eigenvalue weighted by Gasteiger charge is 2.51. The van der Waals surface area contributed by atoms with E-state index in [1.165, 1.54) is 4.90 Å². The number of hydrogen-bond acceptors (Lipinski definition) is 5. The molecule has 1 aliphatic rings. The quantitative estimate of drug-likeness (QED) is 0.610. The second kappa shape index (κ2) is 8.69. The van der Waals surface area contributed by atoms with Crippen LogP contribution in [0.2, 0.25) is 0 Å². The average Bonchev–Trinajstić information content (AvgIpc) is 2.95. The Kier molecular flexibility index (Phi) is 6.24. The molecule has 1 aliphatic heterocycles. The molecule has 2 atom stereocenters. The molecule has 3 rings (SSSR count). The van der Waals surface area contributed by atoms with Crippen LogP contribution in [0.25, 0.3) is 0 Å². The van der Waals surface area contributed by atoms with Crippen LogP contribution in [0.5, 0.6) is 5.75 Å². The monoisotopic (exact) mass is 410 g/mol. The van der Waals surface area contributed by atoms with Crippen molar-refractivity contribution in [1.29, 1.82) is 0 Å². The summed E-state index contributed by atoms with van der Waals surface area (Å²) in [5.74, 6) is -0.612. The molecule has 7 nitrogen and oxygen atoms in total. The van der Waals surface area contributed by atoms with Gasteiger partial charge < -0.3 is 25.2 Å². The molecule has 2 amide bonds. The number of anilines is 2. The number of rotatable bonds is 7. The fraction of sp³-hybridized carbons (Fsp3) is 0.304. The van der Waals surface area contributed by atoms with Gasteiger partial charge in [-0.1, -0.05) is 19.1 Å². The zero-order chi connectivity index (χ0) is 21.9. The summed E-state index contributed by atoms with van der Waals surface area (Å²) in [5, 5.41) is 23.1. The average molecular weight is 410 g/mol. The van der Waals surface area contributed by atoms with Crippen molar-refractivity contribution < 1.29 is 24.5 Å². The van der Waals surface area contributed by atoms with Crippen LogP contribution in [0.15, 0.2) is 54.6 Å². The van der Waals surface area contributed by atoms with Gasteiger partial charge in [0.15, 0.2) is 5.60 Å². The van der Waals surface area contributed by atoms with Gasteiger partial charge >= 0.3 is 0 Å². The Hall–Kier alpha value is -3.16. The molecule has 158 valence electrons. The number of carbonyl (C=O) groups excluding carboxylic acids is 2. The number of nitrogens with one attached hydrogen (secondary N) is 1. The predicted octanol–water partition coefficient (Wildman–Crippen LogP) is 2.69. The van der Waals surface area contributed by atoms with Crippen molar-refractivity contribution in [3.05, 3.63) is 65.7 Å². The first-order chi connectivity index (χ1) is 14.3. The molecule has 0 radical (unpaired) electrons.